The highest BCUT2D eigenvalue weighted by atomic mass is 16.6. The smallest absolute Gasteiger partial charge is 0.305 e. The molecule has 1 aromatic rings. The monoisotopic (exact) mass is 307 g/mol. The first kappa shape index (κ1) is 16.6. The van der Waals surface area contributed by atoms with Gasteiger partial charge >= 0.3 is 5.97 Å². The van der Waals surface area contributed by atoms with Crippen LogP contribution in [0.5, 0.6) is 11.5 Å². The summed E-state index contributed by atoms with van der Waals surface area (Å²) in [5.74, 6) is 1.50. The van der Waals surface area contributed by atoms with Crippen molar-refractivity contribution < 1.29 is 19.0 Å². The van der Waals surface area contributed by atoms with Crippen molar-refractivity contribution in [3.63, 3.8) is 0 Å². The zero-order chi connectivity index (χ0) is 15.8. The number of nitrogens with zero attached hydrogens (tertiary/aromatic N) is 1. The van der Waals surface area contributed by atoms with Crippen LogP contribution in [0.25, 0.3) is 0 Å². The van der Waals surface area contributed by atoms with Crippen molar-refractivity contribution in [1.29, 1.82) is 0 Å². The first-order chi connectivity index (χ1) is 10.7. The fourth-order valence-electron chi connectivity index (χ4n) is 2.50. The predicted molar refractivity (Wildman–Crippen MR) is 84.3 cm³/mol. The van der Waals surface area contributed by atoms with Crippen LogP contribution in [0.3, 0.4) is 0 Å². The SMILES string of the molecule is CCOC(=O)CCCN(CC)CC1COc2ccccc2O1. The van der Waals surface area contributed by atoms with Gasteiger partial charge in [0.1, 0.15) is 12.7 Å². The highest BCUT2D eigenvalue weighted by molar-refractivity contribution is 5.69. The van der Waals surface area contributed by atoms with Gasteiger partial charge in [-0.05, 0) is 38.6 Å². The molecule has 0 spiro atoms. The lowest BCUT2D eigenvalue weighted by molar-refractivity contribution is -0.143. The van der Waals surface area contributed by atoms with Gasteiger partial charge in [0, 0.05) is 13.0 Å². The topological polar surface area (TPSA) is 48.0 Å². The van der Waals surface area contributed by atoms with Crippen LogP contribution in [0, 0.1) is 0 Å². The van der Waals surface area contributed by atoms with E-state index in [1.165, 1.54) is 0 Å². The molecule has 1 aliphatic heterocycles. The van der Waals surface area contributed by atoms with Gasteiger partial charge in [0.25, 0.3) is 0 Å². The molecule has 1 aliphatic rings. The number of fused-ring (bicyclic) bond motifs is 1. The van der Waals surface area contributed by atoms with Crippen LogP contribution < -0.4 is 9.47 Å². The summed E-state index contributed by atoms with van der Waals surface area (Å²) in [6.45, 7) is 7.53. The van der Waals surface area contributed by atoms with Crippen LogP contribution in [-0.4, -0.2) is 49.8 Å². The minimum Gasteiger partial charge on any atom is -0.486 e. The first-order valence-electron chi connectivity index (χ1n) is 7.99. The average molecular weight is 307 g/mol. The van der Waals surface area contributed by atoms with Gasteiger partial charge in [0.2, 0.25) is 0 Å². The minimum atomic E-state index is -0.121. The lowest BCUT2D eigenvalue weighted by Crippen LogP contribution is -2.41. The molecule has 1 unspecified atom stereocenters. The van der Waals surface area contributed by atoms with E-state index in [2.05, 4.69) is 11.8 Å². The highest BCUT2D eigenvalue weighted by Gasteiger charge is 2.22. The number of likely N-dealkylation sites (N-methyl/N-ethyl adjacent to an activating group) is 1. The lowest BCUT2D eigenvalue weighted by atomic mass is 10.2. The van der Waals surface area contributed by atoms with Gasteiger partial charge in [-0.3, -0.25) is 9.69 Å². The van der Waals surface area contributed by atoms with Crippen molar-refractivity contribution >= 4 is 5.97 Å². The standard InChI is InChI=1S/C17H25NO4/c1-3-18(11-7-10-17(19)20-4-2)12-14-13-21-15-8-5-6-9-16(15)22-14/h5-6,8-9,14H,3-4,7,10-13H2,1-2H3. The van der Waals surface area contributed by atoms with Crippen LogP contribution in [0.4, 0.5) is 0 Å². The number of hydrogen-bond acceptors (Lipinski definition) is 5. The van der Waals surface area contributed by atoms with Crippen molar-refractivity contribution in [3.05, 3.63) is 24.3 Å². The maximum atomic E-state index is 11.4. The third-order valence-corrected chi connectivity index (χ3v) is 3.64. The number of para-hydroxylation sites is 2. The summed E-state index contributed by atoms with van der Waals surface area (Å²) in [6.07, 6.45) is 1.30. The van der Waals surface area contributed by atoms with E-state index >= 15 is 0 Å². The zero-order valence-electron chi connectivity index (χ0n) is 13.4. The number of carbonyl (C=O) groups excluding carboxylic acids is 1. The largest absolute Gasteiger partial charge is 0.486 e. The molecular formula is C17H25NO4. The van der Waals surface area contributed by atoms with Gasteiger partial charge in [0.05, 0.1) is 6.61 Å². The van der Waals surface area contributed by atoms with Crippen LogP contribution >= 0.6 is 0 Å². The van der Waals surface area contributed by atoms with Crippen molar-refractivity contribution in [2.45, 2.75) is 32.8 Å². The molecular weight excluding hydrogens is 282 g/mol. The van der Waals surface area contributed by atoms with Crippen molar-refractivity contribution in [2.24, 2.45) is 0 Å². The van der Waals surface area contributed by atoms with E-state index in [1.807, 2.05) is 31.2 Å². The summed E-state index contributed by atoms with van der Waals surface area (Å²) >= 11 is 0. The number of rotatable bonds is 8. The molecule has 0 saturated heterocycles. The second kappa shape index (κ2) is 8.63. The average Bonchev–Trinajstić information content (AvgIpc) is 2.54. The van der Waals surface area contributed by atoms with Crippen LogP contribution in [0.2, 0.25) is 0 Å². The Morgan fingerprint density at radius 1 is 1.32 bits per heavy atom. The number of esters is 1. The van der Waals surface area contributed by atoms with Gasteiger partial charge in [0.15, 0.2) is 11.5 Å². The van der Waals surface area contributed by atoms with Gasteiger partial charge in [-0.1, -0.05) is 19.1 Å². The Kier molecular flexibility index (Phi) is 6.52. The van der Waals surface area contributed by atoms with Crippen molar-refractivity contribution in [3.8, 4) is 11.5 Å². The molecule has 122 valence electrons. The molecule has 0 radical (unpaired) electrons. The fourth-order valence-corrected chi connectivity index (χ4v) is 2.50. The second-order valence-corrected chi connectivity index (χ2v) is 5.30. The third-order valence-electron chi connectivity index (χ3n) is 3.64. The maximum absolute atomic E-state index is 11.4. The summed E-state index contributed by atoms with van der Waals surface area (Å²) in [6, 6.07) is 7.73. The molecule has 1 aromatic carbocycles. The number of benzene rings is 1. The van der Waals surface area contributed by atoms with Crippen molar-refractivity contribution in [2.75, 3.05) is 32.8 Å². The molecule has 0 bridgehead atoms. The molecule has 5 nitrogen and oxygen atoms in total. The zero-order valence-corrected chi connectivity index (χ0v) is 13.4. The van der Waals surface area contributed by atoms with E-state index in [9.17, 15) is 4.79 Å². The molecule has 22 heavy (non-hydrogen) atoms. The summed E-state index contributed by atoms with van der Waals surface area (Å²) < 4.78 is 16.6. The maximum Gasteiger partial charge on any atom is 0.305 e. The highest BCUT2D eigenvalue weighted by Crippen LogP contribution is 2.30. The molecule has 0 saturated carbocycles. The van der Waals surface area contributed by atoms with Gasteiger partial charge < -0.3 is 14.2 Å². The second-order valence-electron chi connectivity index (χ2n) is 5.30. The summed E-state index contributed by atoms with van der Waals surface area (Å²) in [7, 11) is 0. The lowest BCUT2D eigenvalue weighted by Gasteiger charge is -2.30. The summed E-state index contributed by atoms with van der Waals surface area (Å²) in [5, 5.41) is 0. The number of carbonyl (C=O) groups is 1. The van der Waals surface area contributed by atoms with Gasteiger partial charge in [-0.15, -0.1) is 0 Å². The van der Waals surface area contributed by atoms with E-state index in [0.29, 0.717) is 19.6 Å². The van der Waals surface area contributed by atoms with Crippen LogP contribution in [-0.2, 0) is 9.53 Å². The predicted octanol–water partition coefficient (Wildman–Crippen LogP) is 2.49. The Balaban J connectivity index is 1.75. The Hall–Kier alpha value is -1.75. The Labute approximate surface area is 132 Å². The first-order valence-corrected chi connectivity index (χ1v) is 7.99. The molecule has 0 amide bonds. The molecule has 0 aliphatic carbocycles. The van der Waals surface area contributed by atoms with Gasteiger partial charge in [-0.25, -0.2) is 0 Å². The normalized spacial score (nSPS) is 16.6. The van der Waals surface area contributed by atoms with E-state index in [0.717, 1.165) is 37.6 Å². The quantitative estimate of drug-likeness (QED) is 0.691. The minimum absolute atomic E-state index is 0.0254. The summed E-state index contributed by atoms with van der Waals surface area (Å²) in [5.41, 5.74) is 0. The number of hydrogen-bond donors (Lipinski definition) is 0. The van der Waals surface area contributed by atoms with Crippen LogP contribution in [0.1, 0.15) is 26.7 Å². The molecule has 0 aromatic heterocycles. The number of ether oxygens (including phenoxy) is 3. The summed E-state index contributed by atoms with van der Waals surface area (Å²) in [4.78, 5) is 13.6. The van der Waals surface area contributed by atoms with Crippen molar-refractivity contribution in [1.82, 2.24) is 4.90 Å². The van der Waals surface area contributed by atoms with Crippen LogP contribution in [0.15, 0.2) is 24.3 Å². The Morgan fingerprint density at radius 2 is 2.09 bits per heavy atom. The molecule has 1 heterocycles. The van der Waals surface area contributed by atoms with E-state index in [4.69, 9.17) is 14.2 Å². The molecule has 2 rings (SSSR count). The molecule has 0 N–H and O–H groups in total. The van der Waals surface area contributed by atoms with Gasteiger partial charge in [-0.2, -0.15) is 0 Å². The van der Waals surface area contributed by atoms with E-state index in [1.54, 1.807) is 0 Å². The Morgan fingerprint density at radius 3 is 2.82 bits per heavy atom. The fraction of sp³-hybridized carbons (Fsp3) is 0.588. The molecule has 1 atom stereocenters. The Bertz CT molecular complexity index is 477. The van der Waals surface area contributed by atoms with E-state index in [-0.39, 0.29) is 12.1 Å². The molecule has 0 fully saturated rings. The van der Waals surface area contributed by atoms with E-state index < -0.39 is 0 Å². The third kappa shape index (κ3) is 4.91. The molecule has 5 heteroatoms.